The van der Waals surface area contributed by atoms with Crippen molar-refractivity contribution in [1.82, 2.24) is 10.6 Å². The molecule has 1 aromatic rings. The summed E-state index contributed by atoms with van der Waals surface area (Å²) in [6.45, 7) is 5.51. The molecule has 0 saturated heterocycles. The number of benzene rings is 1. The number of hydrogen-bond donors (Lipinski definition) is 3. The zero-order chi connectivity index (χ0) is 13.4. The summed E-state index contributed by atoms with van der Waals surface area (Å²) in [5.74, 6) is -0.00492. The van der Waals surface area contributed by atoms with Crippen molar-refractivity contribution >= 4 is 5.91 Å². The largest absolute Gasteiger partial charge is 0.387 e. The monoisotopic (exact) mass is 250 g/mol. The topological polar surface area (TPSA) is 61.4 Å². The van der Waals surface area contributed by atoms with Crippen LogP contribution in [0.3, 0.4) is 0 Å². The van der Waals surface area contributed by atoms with E-state index in [2.05, 4.69) is 10.6 Å². The van der Waals surface area contributed by atoms with E-state index in [4.69, 9.17) is 0 Å². The fraction of sp³-hybridized carbons (Fsp3) is 0.500. The highest BCUT2D eigenvalue weighted by Gasteiger charge is 2.05. The fourth-order valence-electron chi connectivity index (χ4n) is 1.62. The first-order valence-electron chi connectivity index (χ1n) is 6.29. The first-order valence-corrected chi connectivity index (χ1v) is 6.29. The molecule has 100 valence electrons. The van der Waals surface area contributed by atoms with Gasteiger partial charge in [0.2, 0.25) is 5.91 Å². The number of carbonyl (C=O) groups excluding carboxylic acids is 1. The molecule has 0 radical (unpaired) electrons. The third-order valence-corrected chi connectivity index (χ3v) is 2.70. The minimum absolute atomic E-state index is 0.00492. The highest BCUT2D eigenvalue weighted by Crippen LogP contribution is 2.12. The molecule has 0 heterocycles. The second kappa shape index (κ2) is 7.84. The Balaban J connectivity index is 2.15. The van der Waals surface area contributed by atoms with Crippen LogP contribution in [0, 0.1) is 6.92 Å². The van der Waals surface area contributed by atoms with Crippen molar-refractivity contribution in [1.29, 1.82) is 0 Å². The average Bonchev–Trinajstić information content (AvgIpc) is 2.34. The van der Waals surface area contributed by atoms with Gasteiger partial charge < -0.3 is 15.7 Å². The van der Waals surface area contributed by atoms with Crippen LogP contribution in [0.4, 0.5) is 0 Å². The first kappa shape index (κ1) is 14.7. The Labute approximate surface area is 108 Å². The minimum Gasteiger partial charge on any atom is -0.387 e. The Morgan fingerprint density at radius 2 is 1.94 bits per heavy atom. The lowest BCUT2D eigenvalue weighted by molar-refractivity contribution is -0.118. The number of aryl methyl sites for hydroxylation is 1. The molecular weight excluding hydrogens is 228 g/mol. The van der Waals surface area contributed by atoms with Gasteiger partial charge in [-0.15, -0.1) is 0 Å². The molecule has 0 spiro atoms. The van der Waals surface area contributed by atoms with Crippen LogP contribution in [0.1, 0.15) is 30.6 Å². The van der Waals surface area contributed by atoms with Gasteiger partial charge in [-0.05, 0) is 25.5 Å². The summed E-state index contributed by atoms with van der Waals surface area (Å²) in [4.78, 5) is 10.6. The second-order valence-corrected chi connectivity index (χ2v) is 4.47. The lowest BCUT2D eigenvalue weighted by Gasteiger charge is -2.12. The Kier molecular flexibility index (Phi) is 6.39. The molecule has 1 unspecified atom stereocenters. The summed E-state index contributed by atoms with van der Waals surface area (Å²) in [5, 5.41) is 15.8. The van der Waals surface area contributed by atoms with Gasteiger partial charge in [0, 0.05) is 20.0 Å². The Morgan fingerprint density at radius 3 is 2.56 bits per heavy atom. The highest BCUT2D eigenvalue weighted by molar-refractivity contribution is 5.72. The molecule has 1 aromatic carbocycles. The quantitative estimate of drug-likeness (QED) is 0.636. The third kappa shape index (κ3) is 5.80. The van der Waals surface area contributed by atoms with Gasteiger partial charge in [-0.2, -0.15) is 0 Å². The van der Waals surface area contributed by atoms with Gasteiger partial charge in [-0.3, -0.25) is 4.79 Å². The number of nitrogens with one attached hydrogen (secondary N) is 2. The first-order chi connectivity index (χ1) is 8.59. The molecule has 4 heteroatoms. The van der Waals surface area contributed by atoms with Crippen LogP contribution in [0.25, 0.3) is 0 Å². The van der Waals surface area contributed by atoms with Gasteiger partial charge in [0.05, 0.1) is 6.10 Å². The number of aliphatic hydroxyl groups is 1. The van der Waals surface area contributed by atoms with Gasteiger partial charge in [-0.25, -0.2) is 0 Å². The van der Waals surface area contributed by atoms with E-state index >= 15 is 0 Å². The maximum Gasteiger partial charge on any atom is 0.216 e. The average molecular weight is 250 g/mol. The van der Waals surface area contributed by atoms with Crippen LogP contribution in [-0.2, 0) is 4.79 Å². The molecule has 18 heavy (non-hydrogen) atoms. The van der Waals surface area contributed by atoms with Crippen molar-refractivity contribution in [3.63, 3.8) is 0 Å². The van der Waals surface area contributed by atoms with Crippen molar-refractivity contribution in [2.75, 3.05) is 19.6 Å². The lowest BCUT2D eigenvalue weighted by Crippen LogP contribution is -2.27. The van der Waals surface area contributed by atoms with Crippen LogP contribution in [-0.4, -0.2) is 30.6 Å². The number of rotatable bonds is 7. The molecule has 3 N–H and O–H groups in total. The van der Waals surface area contributed by atoms with Gasteiger partial charge in [-0.1, -0.05) is 29.8 Å². The van der Waals surface area contributed by atoms with Crippen LogP contribution in [0.15, 0.2) is 24.3 Å². The van der Waals surface area contributed by atoms with Gasteiger partial charge in [0.15, 0.2) is 0 Å². The summed E-state index contributed by atoms with van der Waals surface area (Å²) in [5.41, 5.74) is 2.11. The minimum atomic E-state index is -0.480. The standard InChI is InChI=1S/C14H22N2O2/c1-11-4-6-13(7-5-11)14(18)10-15-8-3-9-16-12(2)17/h4-7,14-15,18H,3,8-10H2,1-2H3,(H,16,17). The van der Waals surface area contributed by atoms with Crippen LogP contribution >= 0.6 is 0 Å². The van der Waals surface area contributed by atoms with Gasteiger partial charge >= 0.3 is 0 Å². The molecule has 0 saturated carbocycles. The van der Waals surface area contributed by atoms with Crippen molar-refractivity contribution < 1.29 is 9.90 Å². The Morgan fingerprint density at radius 1 is 1.28 bits per heavy atom. The predicted octanol–water partition coefficient (Wildman–Crippen LogP) is 1.14. The molecule has 0 aliphatic rings. The Hall–Kier alpha value is -1.39. The molecule has 4 nitrogen and oxygen atoms in total. The summed E-state index contributed by atoms with van der Waals surface area (Å²) < 4.78 is 0. The zero-order valence-electron chi connectivity index (χ0n) is 11.1. The van der Waals surface area contributed by atoms with Crippen LogP contribution in [0.2, 0.25) is 0 Å². The molecule has 0 fully saturated rings. The van der Waals surface area contributed by atoms with E-state index in [9.17, 15) is 9.90 Å². The maximum absolute atomic E-state index is 10.6. The van der Waals surface area contributed by atoms with Crippen molar-refractivity contribution in [3.8, 4) is 0 Å². The van der Waals surface area contributed by atoms with Crippen molar-refractivity contribution in [2.45, 2.75) is 26.4 Å². The number of aliphatic hydroxyl groups excluding tert-OH is 1. The van der Waals surface area contributed by atoms with E-state index in [1.807, 2.05) is 31.2 Å². The van der Waals surface area contributed by atoms with Crippen molar-refractivity contribution in [3.05, 3.63) is 35.4 Å². The van der Waals surface area contributed by atoms with Gasteiger partial charge in [0.25, 0.3) is 0 Å². The van der Waals surface area contributed by atoms with Gasteiger partial charge in [0.1, 0.15) is 0 Å². The molecule has 0 bridgehead atoms. The Bertz CT molecular complexity index is 363. The fourth-order valence-corrected chi connectivity index (χ4v) is 1.62. The van der Waals surface area contributed by atoms with E-state index < -0.39 is 6.10 Å². The van der Waals surface area contributed by atoms with E-state index in [0.29, 0.717) is 13.1 Å². The van der Waals surface area contributed by atoms with E-state index in [0.717, 1.165) is 18.5 Å². The summed E-state index contributed by atoms with van der Waals surface area (Å²) in [7, 11) is 0. The summed E-state index contributed by atoms with van der Waals surface area (Å²) in [6, 6.07) is 7.88. The number of carbonyl (C=O) groups is 1. The molecule has 0 aliphatic carbocycles. The van der Waals surface area contributed by atoms with E-state index in [-0.39, 0.29) is 5.91 Å². The number of hydrogen-bond acceptors (Lipinski definition) is 3. The molecule has 1 rings (SSSR count). The summed E-state index contributed by atoms with van der Waals surface area (Å²) >= 11 is 0. The second-order valence-electron chi connectivity index (χ2n) is 4.47. The predicted molar refractivity (Wildman–Crippen MR) is 72.3 cm³/mol. The normalized spacial score (nSPS) is 12.2. The molecule has 0 aliphatic heterocycles. The van der Waals surface area contributed by atoms with Crippen LogP contribution in [0.5, 0.6) is 0 Å². The van der Waals surface area contributed by atoms with E-state index in [1.54, 1.807) is 0 Å². The van der Waals surface area contributed by atoms with E-state index in [1.165, 1.54) is 12.5 Å². The lowest BCUT2D eigenvalue weighted by atomic mass is 10.1. The maximum atomic E-state index is 10.6. The number of amides is 1. The summed E-state index contributed by atoms with van der Waals surface area (Å²) in [6.07, 6.45) is 0.381. The SMILES string of the molecule is CC(=O)NCCCNCC(O)c1ccc(C)cc1. The molecule has 1 atom stereocenters. The molecule has 1 amide bonds. The van der Waals surface area contributed by atoms with Crippen LogP contribution < -0.4 is 10.6 Å². The smallest absolute Gasteiger partial charge is 0.216 e. The van der Waals surface area contributed by atoms with Crippen molar-refractivity contribution in [2.24, 2.45) is 0 Å². The molecular formula is C14H22N2O2. The highest BCUT2D eigenvalue weighted by atomic mass is 16.3. The zero-order valence-corrected chi connectivity index (χ0v) is 11.1. The molecule has 0 aromatic heterocycles. The third-order valence-electron chi connectivity index (χ3n) is 2.70.